The number of methoxy groups -OCH3 is 1. The van der Waals surface area contributed by atoms with Crippen molar-refractivity contribution in [3.05, 3.63) is 35.7 Å². The lowest BCUT2D eigenvalue weighted by molar-refractivity contribution is 0.101. The minimum atomic E-state index is -0.0245. The van der Waals surface area contributed by atoms with Crippen molar-refractivity contribution in [3.8, 4) is 17.1 Å². The van der Waals surface area contributed by atoms with Gasteiger partial charge < -0.3 is 9.72 Å². The van der Waals surface area contributed by atoms with Gasteiger partial charge in [0.1, 0.15) is 17.3 Å². The summed E-state index contributed by atoms with van der Waals surface area (Å²) in [6.07, 6.45) is 0. The molecule has 0 saturated heterocycles. The van der Waals surface area contributed by atoms with Gasteiger partial charge in [-0.15, -0.1) is 0 Å². The summed E-state index contributed by atoms with van der Waals surface area (Å²) in [6, 6.07) is 7.53. The Hall–Kier alpha value is -1.62. The van der Waals surface area contributed by atoms with Gasteiger partial charge in [0.05, 0.1) is 12.4 Å². The quantitative estimate of drug-likeness (QED) is 0.698. The summed E-state index contributed by atoms with van der Waals surface area (Å²) in [7, 11) is 1.62. The molecule has 0 saturated carbocycles. The number of Topliss-reactive ketones (excluding diaryl/α,β-unsaturated/α-hetero) is 1. The maximum atomic E-state index is 11.6. The molecular weight excluding hydrogens is 296 g/mol. The average Bonchev–Trinajstić information content (AvgIpc) is 2.80. The van der Waals surface area contributed by atoms with Crippen molar-refractivity contribution in [1.82, 2.24) is 9.97 Å². The number of rotatable bonds is 4. The van der Waals surface area contributed by atoms with Crippen LogP contribution in [0, 0.1) is 6.92 Å². The number of alkyl halides is 1. The second-order valence-corrected chi connectivity index (χ2v) is 4.41. The number of carbonyl (C=O) groups is 1. The van der Waals surface area contributed by atoms with Crippen LogP contribution < -0.4 is 4.74 Å². The van der Waals surface area contributed by atoms with Crippen LogP contribution >= 0.6 is 15.9 Å². The number of hydrogen-bond donors (Lipinski definition) is 1. The largest absolute Gasteiger partial charge is 0.497 e. The van der Waals surface area contributed by atoms with Crippen LogP contribution in [0.1, 0.15) is 16.2 Å². The van der Waals surface area contributed by atoms with Crippen molar-refractivity contribution in [1.29, 1.82) is 0 Å². The van der Waals surface area contributed by atoms with Gasteiger partial charge in [0, 0.05) is 11.3 Å². The Labute approximate surface area is 114 Å². The minimum Gasteiger partial charge on any atom is -0.497 e. The number of benzene rings is 1. The highest BCUT2D eigenvalue weighted by atomic mass is 79.9. The van der Waals surface area contributed by atoms with Crippen LogP contribution in [0.2, 0.25) is 0 Å². The van der Waals surface area contributed by atoms with Crippen LogP contribution in [0.5, 0.6) is 5.75 Å². The van der Waals surface area contributed by atoms with Gasteiger partial charge in [0.15, 0.2) is 5.78 Å². The van der Waals surface area contributed by atoms with Crippen LogP contribution in [0.4, 0.5) is 0 Å². The van der Waals surface area contributed by atoms with Gasteiger partial charge in [-0.2, -0.15) is 0 Å². The molecule has 1 aromatic heterocycles. The third kappa shape index (κ3) is 2.46. The Balaban J connectivity index is 2.36. The van der Waals surface area contributed by atoms with Gasteiger partial charge in [0.25, 0.3) is 0 Å². The predicted octanol–water partition coefficient (Wildman–Crippen LogP) is 2.97. The van der Waals surface area contributed by atoms with Crippen LogP contribution in [-0.4, -0.2) is 28.2 Å². The fraction of sp³-hybridized carbons (Fsp3) is 0.231. The molecule has 5 heteroatoms. The van der Waals surface area contributed by atoms with Crippen molar-refractivity contribution in [2.24, 2.45) is 0 Å². The average molecular weight is 309 g/mol. The first-order chi connectivity index (χ1) is 8.65. The summed E-state index contributed by atoms with van der Waals surface area (Å²) in [4.78, 5) is 19.1. The number of hydrogen-bond acceptors (Lipinski definition) is 3. The number of nitrogens with one attached hydrogen (secondary N) is 1. The molecule has 0 aliphatic heterocycles. The molecule has 1 aromatic carbocycles. The molecule has 0 spiro atoms. The Kier molecular flexibility index (Phi) is 3.81. The molecule has 2 aromatic rings. The fourth-order valence-corrected chi connectivity index (χ4v) is 1.95. The van der Waals surface area contributed by atoms with E-state index < -0.39 is 0 Å². The maximum Gasteiger partial charge on any atom is 0.193 e. The molecular formula is C13H13BrN2O2. The summed E-state index contributed by atoms with van der Waals surface area (Å²) >= 11 is 3.15. The second kappa shape index (κ2) is 5.35. The van der Waals surface area contributed by atoms with E-state index in [0.29, 0.717) is 11.5 Å². The zero-order valence-electron chi connectivity index (χ0n) is 10.2. The van der Waals surface area contributed by atoms with Crippen molar-refractivity contribution in [2.75, 3.05) is 12.4 Å². The fourth-order valence-electron chi connectivity index (χ4n) is 1.68. The number of imidazole rings is 1. The zero-order valence-corrected chi connectivity index (χ0v) is 11.7. The van der Waals surface area contributed by atoms with E-state index in [0.717, 1.165) is 17.0 Å². The van der Waals surface area contributed by atoms with E-state index in [4.69, 9.17) is 4.74 Å². The number of aromatic amines is 1. The summed E-state index contributed by atoms with van der Waals surface area (Å²) in [5, 5.41) is 0.279. The van der Waals surface area contributed by atoms with Crippen LogP contribution in [0.25, 0.3) is 11.4 Å². The van der Waals surface area contributed by atoms with Gasteiger partial charge in [-0.3, -0.25) is 4.79 Å². The molecule has 0 aliphatic rings. The van der Waals surface area contributed by atoms with E-state index in [1.54, 1.807) is 7.11 Å². The van der Waals surface area contributed by atoms with E-state index in [2.05, 4.69) is 25.9 Å². The summed E-state index contributed by atoms with van der Waals surface area (Å²) in [5.41, 5.74) is 2.19. The molecule has 2 rings (SSSR count). The maximum absolute atomic E-state index is 11.6. The second-order valence-electron chi connectivity index (χ2n) is 3.84. The first kappa shape index (κ1) is 12.8. The zero-order chi connectivity index (χ0) is 13.1. The summed E-state index contributed by atoms with van der Waals surface area (Å²) < 4.78 is 5.10. The molecule has 0 unspecified atom stereocenters. The lowest BCUT2D eigenvalue weighted by atomic mass is 10.2. The number of aromatic nitrogens is 2. The number of aryl methyl sites for hydroxylation is 1. The highest BCUT2D eigenvalue weighted by molar-refractivity contribution is 9.09. The summed E-state index contributed by atoms with van der Waals surface area (Å²) in [6.45, 7) is 1.84. The highest BCUT2D eigenvalue weighted by Crippen LogP contribution is 2.21. The van der Waals surface area contributed by atoms with Gasteiger partial charge in [-0.1, -0.05) is 15.9 Å². The Morgan fingerprint density at radius 2 is 2.06 bits per heavy atom. The molecule has 0 fully saturated rings. The molecule has 4 nitrogen and oxygen atoms in total. The Morgan fingerprint density at radius 3 is 2.61 bits per heavy atom. The number of carbonyl (C=O) groups excluding carboxylic acids is 1. The lowest BCUT2D eigenvalue weighted by Gasteiger charge is -2.00. The number of nitrogens with zero attached hydrogens (tertiary/aromatic N) is 1. The van der Waals surface area contributed by atoms with Gasteiger partial charge in [-0.05, 0) is 31.2 Å². The molecule has 0 amide bonds. The molecule has 0 bridgehead atoms. The lowest BCUT2D eigenvalue weighted by Crippen LogP contribution is -2.02. The van der Waals surface area contributed by atoms with E-state index in [9.17, 15) is 4.79 Å². The van der Waals surface area contributed by atoms with Crippen LogP contribution in [-0.2, 0) is 0 Å². The van der Waals surface area contributed by atoms with Crippen molar-refractivity contribution < 1.29 is 9.53 Å². The predicted molar refractivity (Wildman–Crippen MR) is 73.4 cm³/mol. The van der Waals surface area contributed by atoms with Crippen molar-refractivity contribution in [3.63, 3.8) is 0 Å². The normalized spacial score (nSPS) is 10.4. The number of ketones is 1. The molecule has 0 atom stereocenters. The Bertz CT molecular complexity index is 561. The van der Waals surface area contributed by atoms with Crippen LogP contribution in [0.15, 0.2) is 24.3 Å². The number of ether oxygens (including phenoxy) is 1. The molecule has 0 aliphatic carbocycles. The van der Waals surface area contributed by atoms with Crippen molar-refractivity contribution >= 4 is 21.7 Å². The number of halogens is 1. The summed E-state index contributed by atoms with van der Waals surface area (Å²) in [5.74, 6) is 1.46. The highest BCUT2D eigenvalue weighted by Gasteiger charge is 2.14. The van der Waals surface area contributed by atoms with Crippen LogP contribution in [0.3, 0.4) is 0 Å². The minimum absolute atomic E-state index is 0.0245. The molecule has 0 radical (unpaired) electrons. The Morgan fingerprint density at radius 1 is 1.39 bits per heavy atom. The van der Waals surface area contributed by atoms with E-state index in [1.165, 1.54) is 0 Å². The topological polar surface area (TPSA) is 55.0 Å². The first-order valence-electron chi connectivity index (χ1n) is 5.46. The van der Waals surface area contributed by atoms with E-state index >= 15 is 0 Å². The van der Waals surface area contributed by atoms with E-state index in [-0.39, 0.29) is 11.1 Å². The van der Waals surface area contributed by atoms with Gasteiger partial charge >= 0.3 is 0 Å². The smallest absolute Gasteiger partial charge is 0.193 e. The number of H-pyrrole nitrogens is 1. The standard InChI is InChI=1S/C13H13BrN2O2/c1-8-12(11(17)7-14)16-13(15-8)9-3-5-10(18-2)6-4-9/h3-6H,7H2,1-2H3,(H,15,16). The SMILES string of the molecule is COc1ccc(-c2nc(C(=O)CBr)c(C)[nH]2)cc1. The first-order valence-corrected chi connectivity index (χ1v) is 6.58. The van der Waals surface area contributed by atoms with Crippen molar-refractivity contribution in [2.45, 2.75) is 6.92 Å². The molecule has 1 heterocycles. The molecule has 18 heavy (non-hydrogen) atoms. The third-order valence-electron chi connectivity index (χ3n) is 2.63. The van der Waals surface area contributed by atoms with E-state index in [1.807, 2.05) is 31.2 Å². The third-order valence-corrected chi connectivity index (χ3v) is 3.14. The van der Waals surface area contributed by atoms with Gasteiger partial charge in [-0.25, -0.2) is 4.98 Å². The van der Waals surface area contributed by atoms with Gasteiger partial charge in [0.2, 0.25) is 0 Å². The monoisotopic (exact) mass is 308 g/mol. The molecule has 1 N–H and O–H groups in total. The molecule has 94 valence electrons.